The minimum atomic E-state index is -0.739. The molecule has 2 aromatic rings. The number of phenolic OH excluding ortho intramolecular Hbond substituents is 1. The molecule has 0 fully saturated rings. The van der Waals surface area contributed by atoms with Crippen molar-refractivity contribution in [2.24, 2.45) is 5.73 Å². The van der Waals surface area contributed by atoms with Crippen molar-refractivity contribution in [3.05, 3.63) is 59.4 Å². The first-order valence-electron chi connectivity index (χ1n) is 6.66. The number of hydrogen-bond acceptors (Lipinski definition) is 3. The molecule has 21 heavy (non-hydrogen) atoms. The maximum absolute atomic E-state index is 13.8. The van der Waals surface area contributed by atoms with E-state index in [1.165, 1.54) is 17.0 Å². The summed E-state index contributed by atoms with van der Waals surface area (Å²) in [6.45, 7) is 2.55. The topological polar surface area (TPSA) is 66.6 Å². The molecular weight excluding hydrogens is 271 g/mol. The summed E-state index contributed by atoms with van der Waals surface area (Å²) in [5.74, 6) is -1.68. The molecule has 0 heterocycles. The van der Waals surface area contributed by atoms with Gasteiger partial charge in [0.15, 0.2) is 0 Å². The van der Waals surface area contributed by atoms with Gasteiger partial charge in [-0.25, -0.2) is 4.39 Å². The highest BCUT2D eigenvalue weighted by Crippen LogP contribution is 2.25. The number of halogens is 1. The number of aromatic hydroxyl groups is 1. The minimum absolute atomic E-state index is 0.317. The van der Waals surface area contributed by atoms with Crippen LogP contribution < -0.4 is 10.6 Å². The molecule has 0 saturated carbocycles. The van der Waals surface area contributed by atoms with Crippen LogP contribution in [0.1, 0.15) is 22.8 Å². The van der Waals surface area contributed by atoms with Gasteiger partial charge in [-0.2, -0.15) is 0 Å². The Hall–Kier alpha value is -2.40. The Bertz CT molecular complexity index is 621. The van der Waals surface area contributed by atoms with Crippen molar-refractivity contribution < 1.29 is 14.3 Å². The molecule has 5 heteroatoms. The third-order valence-electron chi connectivity index (χ3n) is 3.25. The van der Waals surface area contributed by atoms with Crippen LogP contribution in [0.2, 0.25) is 0 Å². The highest BCUT2D eigenvalue weighted by atomic mass is 19.1. The lowest BCUT2D eigenvalue weighted by molar-refractivity contribution is 0.0981. The average Bonchev–Trinajstić information content (AvgIpc) is 2.48. The Labute approximate surface area is 122 Å². The van der Waals surface area contributed by atoms with Crippen molar-refractivity contribution in [3.8, 4) is 5.75 Å². The normalized spacial score (nSPS) is 10.4. The number of nitrogens with zero attached hydrogens (tertiary/aromatic N) is 1. The molecule has 0 aliphatic carbocycles. The van der Waals surface area contributed by atoms with Crippen molar-refractivity contribution >= 4 is 11.6 Å². The van der Waals surface area contributed by atoms with Gasteiger partial charge in [0.05, 0.1) is 0 Å². The highest BCUT2D eigenvalue weighted by molar-refractivity contribution is 6.08. The van der Waals surface area contributed by atoms with Crippen LogP contribution in [0.15, 0.2) is 42.5 Å². The number of phenols is 1. The van der Waals surface area contributed by atoms with E-state index in [4.69, 9.17) is 5.73 Å². The number of benzene rings is 2. The largest absolute Gasteiger partial charge is 0.507 e. The van der Waals surface area contributed by atoms with Gasteiger partial charge in [-0.1, -0.05) is 18.2 Å². The maximum Gasteiger partial charge on any atom is 0.265 e. The fourth-order valence-corrected chi connectivity index (χ4v) is 2.11. The third-order valence-corrected chi connectivity index (χ3v) is 3.25. The molecule has 2 aromatic carbocycles. The van der Waals surface area contributed by atoms with Crippen LogP contribution in [0.25, 0.3) is 0 Å². The number of hydrogen-bond donors (Lipinski definition) is 2. The first-order valence-corrected chi connectivity index (χ1v) is 6.66. The summed E-state index contributed by atoms with van der Waals surface area (Å²) in [4.78, 5) is 13.9. The van der Waals surface area contributed by atoms with Crippen LogP contribution in [0, 0.1) is 5.82 Å². The van der Waals surface area contributed by atoms with E-state index in [9.17, 15) is 14.3 Å². The van der Waals surface area contributed by atoms with Crippen LogP contribution in [0.5, 0.6) is 5.75 Å². The second kappa shape index (κ2) is 6.37. The smallest absolute Gasteiger partial charge is 0.265 e. The number of rotatable bonds is 4. The second-order valence-corrected chi connectivity index (χ2v) is 4.55. The summed E-state index contributed by atoms with van der Waals surface area (Å²) in [6, 6.07) is 10.9. The first kappa shape index (κ1) is 15.0. The number of carbonyl (C=O) groups is 1. The van der Waals surface area contributed by atoms with Gasteiger partial charge in [-0.3, -0.25) is 4.79 Å². The average molecular weight is 288 g/mol. The van der Waals surface area contributed by atoms with E-state index in [0.29, 0.717) is 18.8 Å². The summed E-state index contributed by atoms with van der Waals surface area (Å²) in [7, 11) is 0. The highest BCUT2D eigenvalue weighted by Gasteiger charge is 2.22. The van der Waals surface area contributed by atoms with E-state index in [1.54, 1.807) is 19.1 Å². The molecule has 0 radical (unpaired) electrons. The molecule has 1 amide bonds. The molecule has 0 bridgehead atoms. The lowest BCUT2D eigenvalue weighted by Gasteiger charge is -2.22. The van der Waals surface area contributed by atoms with E-state index in [0.717, 1.165) is 11.6 Å². The summed E-state index contributed by atoms with van der Waals surface area (Å²) < 4.78 is 13.8. The van der Waals surface area contributed by atoms with Gasteiger partial charge >= 0.3 is 0 Å². The second-order valence-electron chi connectivity index (χ2n) is 4.55. The Morgan fingerprint density at radius 2 is 1.90 bits per heavy atom. The first-order chi connectivity index (χ1) is 10.1. The van der Waals surface area contributed by atoms with E-state index in [2.05, 4.69) is 0 Å². The fraction of sp³-hybridized carbons (Fsp3) is 0.188. The van der Waals surface area contributed by atoms with Crippen molar-refractivity contribution in [3.63, 3.8) is 0 Å². The predicted octanol–water partition coefficient (Wildman–Crippen LogP) is 2.66. The zero-order valence-electron chi connectivity index (χ0n) is 11.7. The number of carbonyl (C=O) groups excluding carboxylic acids is 1. The summed E-state index contributed by atoms with van der Waals surface area (Å²) in [5, 5.41) is 9.73. The zero-order valence-corrected chi connectivity index (χ0v) is 11.7. The number of nitrogens with two attached hydrogens (primary N) is 1. The maximum atomic E-state index is 13.8. The summed E-state index contributed by atoms with van der Waals surface area (Å²) in [6.07, 6.45) is 0. The van der Waals surface area contributed by atoms with Gasteiger partial charge in [-0.15, -0.1) is 0 Å². The Balaban J connectivity index is 2.38. The number of amides is 1. The standard InChI is InChI=1S/C16H17FN2O2/c1-2-19(12-8-6-11(10-18)7-9-12)16(21)15-13(17)4-3-5-14(15)20/h3-9,20H,2,10,18H2,1H3. The van der Waals surface area contributed by atoms with Crippen LogP contribution in [0.4, 0.5) is 10.1 Å². The van der Waals surface area contributed by atoms with Gasteiger partial charge in [0, 0.05) is 18.8 Å². The van der Waals surface area contributed by atoms with Crippen molar-refractivity contribution in [2.45, 2.75) is 13.5 Å². The van der Waals surface area contributed by atoms with Crippen molar-refractivity contribution in [2.75, 3.05) is 11.4 Å². The van der Waals surface area contributed by atoms with Gasteiger partial charge < -0.3 is 15.7 Å². The van der Waals surface area contributed by atoms with Crippen LogP contribution in [0.3, 0.4) is 0 Å². The lowest BCUT2D eigenvalue weighted by Crippen LogP contribution is -2.31. The third kappa shape index (κ3) is 3.03. The molecular formula is C16H17FN2O2. The monoisotopic (exact) mass is 288 g/mol. The molecule has 110 valence electrons. The van der Waals surface area contributed by atoms with Crippen LogP contribution in [-0.4, -0.2) is 17.6 Å². The van der Waals surface area contributed by atoms with Gasteiger partial charge in [0.1, 0.15) is 17.1 Å². The molecule has 2 rings (SSSR count). The van der Waals surface area contributed by atoms with Crippen LogP contribution in [-0.2, 0) is 6.54 Å². The van der Waals surface area contributed by atoms with Gasteiger partial charge in [-0.05, 0) is 36.8 Å². The minimum Gasteiger partial charge on any atom is -0.507 e. The summed E-state index contributed by atoms with van der Waals surface area (Å²) >= 11 is 0. The van der Waals surface area contributed by atoms with Gasteiger partial charge in [0.25, 0.3) is 5.91 Å². The molecule has 0 aliphatic heterocycles. The number of anilines is 1. The molecule has 3 N–H and O–H groups in total. The molecule has 0 unspecified atom stereocenters. The molecule has 0 aliphatic rings. The molecule has 0 atom stereocenters. The van der Waals surface area contributed by atoms with E-state index in [-0.39, 0.29) is 11.3 Å². The van der Waals surface area contributed by atoms with Gasteiger partial charge in [0.2, 0.25) is 0 Å². The quantitative estimate of drug-likeness (QED) is 0.909. The van der Waals surface area contributed by atoms with Crippen molar-refractivity contribution in [1.82, 2.24) is 0 Å². The Kier molecular flexibility index (Phi) is 4.55. The SMILES string of the molecule is CCN(C(=O)c1c(O)cccc1F)c1ccc(CN)cc1. The van der Waals surface area contributed by atoms with E-state index in [1.807, 2.05) is 12.1 Å². The Morgan fingerprint density at radius 3 is 2.43 bits per heavy atom. The van der Waals surface area contributed by atoms with Crippen molar-refractivity contribution in [1.29, 1.82) is 0 Å². The van der Waals surface area contributed by atoms with E-state index >= 15 is 0 Å². The molecule has 0 spiro atoms. The van der Waals surface area contributed by atoms with E-state index < -0.39 is 11.7 Å². The molecule has 0 saturated heterocycles. The Morgan fingerprint density at radius 1 is 1.24 bits per heavy atom. The lowest BCUT2D eigenvalue weighted by atomic mass is 10.1. The zero-order chi connectivity index (χ0) is 15.4. The molecule has 4 nitrogen and oxygen atoms in total. The predicted molar refractivity (Wildman–Crippen MR) is 79.7 cm³/mol. The van der Waals surface area contributed by atoms with Crippen LogP contribution >= 0.6 is 0 Å². The fourth-order valence-electron chi connectivity index (χ4n) is 2.11. The molecule has 0 aromatic heterocycles. The summed E-state index contributed by atoms with van der Waals surface area (Å²) in [5.41, 5.74) is 6.79.